The van der Waals surface area contributed by atoms with E-state index in [4.69, 9.17) is 5.11 Å². The monoisotopic (exact) mass is 325 g/mol. The second-order valence-electron chi connectivity index (χ2n) is 3.91. The molecule has 0 aliphatic heterocycles. The fourth-order valence-electron chi connectivity index (χ4n) is 1.61. The minimum absolute atomic E-state index is 0.138. The summed E-state index contributed by atoms with van der Waals surface area (Å²) in [5, 5.41) is 16.2. The third-order valence-corrected chi connectivity index (χ3v) is 3.55. The summed E-state index contributed by atoms with van der Waals surface area (Å²) in [7, 11) is 0. The standard InChI is InChI=1S/C11H18BrF2N3O/c1-3-7-10(12)8(17(4-2)16-7)5-15-6-9(18)11(13)14/h9,11,15,18H,3-6H2,1-2H3. The van der Waals surface area contributed by atoms with Crippen LogP contribution in [0.25, 0.3) is 0 Å². The van der Waals surface area contributed by atoms with Crippen molar-refractivity contribution >= 4 is 15.9 Å². The molecule has 2 N–H and O–H groups in total. The number of aliphatic hydroxyl groups excluding tert-OH is 1. The van der Waals surface area contributed by atoms with Crippen molar-refractivity contribution < 1.29 is 13.9 Å². The number of aryl methyl sites for hydroxylation is 2. The number of hydrogen-bond donors (Lipinski definition) is 2. The van der Waals surface area contributed by atoms with Crippen molar-refractivity contribution in [2.75, 3.05) is 6.54 Å². The van der Waals surface area contributed by atoms with Gasteiger partial charge in [0.05, 0.1) is 15.9 Å². The molecule has 1 rings (SSSR count). The van der Waals surface area contributed by atoms with E-state index in [1.165, 1.54) is 0 Å². The molecule has 0 amide bonds. The Morgan fingerprint density at radius 2 is 2.11 bits per heavy atom. The molecule has 7 heteroatoms. The Kier molecular flexibility index (Phi) is 6.17. The highest BCUT2D eigenvalue weighted by molar-refractivity contribution is 9.10. The molecule has 0 fully saturated rings. The van der Waals surface area contributed by atoms with E-state index < -0.39 is 12.5 Å². The molecule has 1 unspecified atom stereocenters. The molecule has 1 aromatic rings. The van der Waals surface area contributed by atoms with Crippen molar-refractivity contribution in [2.45, 2.75) is 45.9 Å². The predicted molar refractivity (Wildman–Crippen MR) is 68.7 cm³/mol. The first-order valence-corrected chi connectivity index (χ1v) is 6.71. The number of halogens is 3. The van der Waals surface area contributed by atoms with Gasteiger partial charge >= 0.3 is 0 Å². The molecule has 0 spiro atoms. The molecule has 1 atom stereocenters. The summed E-state index contributed by atoms with van der Waals surface area (Å²) in [5.41, 5.74) is 1.86. The predicted octanol–water partition coefficient (Wildman–Crippen LogP) is 1.94. The first kappa shape index (κ1) is 15.5. The topological polar surface area (TPSA) is 50.1 Å². The van der Waals surface area contributed by atoms with E-state index in [1.54, 1.807) is 0 Å². The molecule has 18 heavy (non-hydrogen) atoms. The van der Waals surface area contributed by atoms with Gasteiger partial charge in [0.25, 0.3) is 6.43 Å². The highest BCUT2D eigenvalue weighted by Gasteiger charge is 2.17. The minimum atomic E-state index is -2.72. The molecule has 0 aliphatic carbocycles. The lowest BCUT2D eigenvalue weighted by Crippen LogP contribution is -2.32. The van der Waals surface area contributed by atoms with E-state index in [2.05, 4.69) is 26.3 Å². The lowest BCUT2D eigenvalue weighted by Gasteiger charge is -2.11. The first-order chi connectivity index (χ1) is 8.51. The van der Waals surface area contributed by atoms with Gasteiger partial charge in [0.2, 0.25) is 0 Å². The van der Waals surface area contributed by atoms with Gasteiger partial charge in [-0.25, -0.2) is 8.78 Å². The van der Waals surface area contributed by atoms with Crippen LogP contribution in [0.15, 0.2) is 4.47 Å². The summed E-state index contributed by atoms with van der Waals surface area (Å²) >= 11 is 3.47. The average molecular weight is 326 g/mol. The Labute approximate surface area is 114 Å². The first-order valence-electron chi connectivity index (χ1n) is 5.92. The Morgan fingerprint density at radius 3 is 2.61 bits per heavy atom. The lowest BCUT2D eigenvalue weighted by molar-refractivity contribution is -0.00348. The SMILES string of the molecule is CCc1nn(CC)c(CNCC(O)C(F)F)c1Br. The highest BCUT2D eigenvalue weighted by atomic mass is 79.9. The molecule has 0 radical (unpaired) electrons. The largest absolute Gasteiger partial charge is 0.386 e. The summed E-state index contributed by atoms with van der Waals surface area (Å²) in [6.07, 6.45) is -3.55. The second kappa shape index (κ2) is 7.16. The van der Waals surface area contributed by atoms with E-state index in [9.17, 15) is 8.78 Å². The zero-order valence-electron chi connectivity index (χ0n) is 10.5. The molecular weight excluding hydrogens is 308 g/mol. The van der Waals surface area contributed by atoms with E-state index in [-0.39, 0.29) is 6.54 Å². The number of aliphatic hydroxyl groups is 1. The molecule has 1 heterocycles. The van der Waals surface area contributed by atoms with Gasteiger partial charge in [-0.2, -0.15) is 5.10 Å². The Bertz CT molecular complexity index is 385. The Hall–Kier alpha value is -0.530. The van der Waals surface area contributed by atoms with Gasteiger partial charge in [0.15, 0.2) is 0 Å². The van der Waals surface area contributed by atoms with Crippen LogP contribution in [0.2, 0.25) is 0 Å². The van der Waals surface area contributed by atoms with Crippen molar-refractivity contribution in [2.24, 2.45) is 0 Å². The van der Waals surface area contributed by atoms with Crippen molar-refractivity contribution in [1.29, 1.82) is 0 Å². The van der Waals surface area contributed by atoms with E-state index in [0.717, 1.165) is 22.3 Å². The molecule has 0 saturated carbocycles. The van der Waals surface area contributed by atoms with Gasteiger partial charge in [0.1, 0.15) is 6.10 Å². The summed E-state index contributed by atoms with van der Waals surface area (Å²) in [4.78, 5) is 0. The van der Waals surface area contributed by atoms with E-state index >= 15 is 0 Å². The maximum atomic E-state index is 12.1. The van der Waals surface area contributed by atoms with Crippen molar-refractivity contribution in [1.82, 2.24) is 15.1 Å². The molecule has 0 saturated heterocycles. The number of aromatic nitrogens is 2. The Morgan fingerprint density at radius 1 is 1.44 bits per heavy atom. The van der Waals surface area contributed by atoms with Gasteiger partial charge in [-0.3, -0.25) is 4.68 Å². The normalized spacial score (nSPS) is 13.3. The molecule has 0 aromatic carbocycles. The summed E-state index contributed by atoms with van der Waals surface area (Å²) < 4.78 is 27.0. The number of hydrogen-bond acceptors (Lipinski definition) is 3. The van der Waals surface area contributed by atoms with Crippen LogP contribution in [0.3, 0.4) is 0 Å². The lowest BCUT2D eigenvalue weighted by atomic mass is 10.3. The molecule has 1 aromatic heterocycles. The van der Waals surface area contributed by atoms with E-state index in [1.807, 2.05) is 18.5 Å². The number of nitrogens with one attached hydrogen (secondary N) is 1. The quantitative estimate of drug-likeness (QED) is 0.805. The zero-order chi connectivity index (χ0) is 13.7. The van der Waals surface area contributed by atoms with Crippen LogP contribution >= 0.6 is 15.9 Å². The smallest absolute Gasteiger partial charge is 0.265 e. The highest BCUT2D eigenvalue weighted by Crippen LogP contribution is 2.22. The van der Waals surface area contributed by atoms with Crippen LogP contribution in [-0.2, 0) is 19.5 Å². The van der Waals surface area contributed by atoms with Crippen LogP contribution in [0, 0.1) is 0 Å². The number of nitrogens with zero attached hydrogens (tertiary/aromatic N) is 2. The second-order valence-corrected chi connectivity index (χ2v) is 4.70. The van der Waals surface area contributed by atoms with Crippen molar-refractivity contribution in [3.05, 3.63) is 15.9 Å². The van der Waals surface area contributed by atoms with Crippen molar-refractivity contribution in [3.8, 4) is 0 Å². The van der Waals surface area contributed by atoms with Gasteiger partial charge in [-0.15, -0.1) is 0 Å². The molecule has 104 valence electrons. The zero-order valence-corrected chi connectivity index (χ0v) is 12.0. The van der Waals surface area contributed by atoms with Gasteiger partial charge < -0.3 is 10.4 Å². The summed E-state index contributed by atoms with van der Waals surface area (Å²) in [6.45, 7) is 4.94. The summed E-state index contributed by atoms with van der Waals surface area (Å²) in [6, 6.07) is 0. The summed E-state index contributed by atoms with van der Waals surface area (Å²) in [5.74, 6) is 0. The third-order valence-electron chi connectivity index (χ3n) is 2.63. The average Bonchev–Trinajstić information content (AvgIpc) is 2.65. The number of alkyl halides is 2. The van der Waals surface area contributed by atoms with Crippen LogP contribution in [0.1, 0.15) is 25.2 Å². The van der Waals surface area contributed by atoms with Crippen molar-refractivity contribution in [3.63, 3.8) is 0 Å². The van der Waals surface area contributed by atoms with Crippen LogP contribution in [0.5, 0.6) is 0 Å². The molecule has 0 aliphatic rings. The van der Waals surface area contributed by atoms with Gasteiger partial charge in [-0.1, -0.05) is 6.92 Å². The van der Waals surface area contributed by atoms with Gasteiger partial charge in [-0.05, 0) is 29.3 Å². The van der Waals surface area contributed by atoms with Crippen LogP contribution < -0.4 is 5.32 Å². The fraction of sp³-hybridized carbons (Fsp3) is 0.727. The maximum Gasteiger partial charge on any atom is 0.265 e. The fourth-order valence-corrected chi connectivity index (χ4v) is 2.32. The molecule has 4 nitrogen and oxygen atoms in total. The molecular formula is C11H18BrF2N3O. The minimum Gasteiger partial charge on any atom is -0.386 e. The number of rotatable bonds is 7. The Balaban J connectivity index is 2.64. The maximum absolute atomic E-state index is 12.1. The van der Waals surface area contributed by atoms with E-state index in [0.29, 0.717) is 13.1 Å². The third kappa shape index (κ3) is 3.73. The van der Waals surface area contributed by atoms with Gasteiger partial charge in [0, 0.05) is 19.6 Å². The van der Waals surface area contributed by atoms with Crippen LogP contribution in [0.4, 0.5) is 8.78 Å². The molecule has 0 bridgehead atoms. The van der Waals surface area contributed by atoms with Crippen LogP contribution in [-0.4, -0.2) is 34.0 Å².